The molecule has 0 spiro atoms. The topological polar surface area (TPSA) is 46.2 Å². The van der Waals surface area contributed by atoms with Gasteiger partial charge in [-0.25, -0.2) is 0 Å². The molecule has 3 heterocycles. The minimum Gasteiger partial charge on any atom is -0.343 e. The molecule has 3 saturated heterocycles. The molecule has 0 bridgehead atoms. The summed E-state index contributed by atoms with van der Waals surface area (Å²) in [6.45, 7) is 7.63. The number of ether oxygens (including phenoxy) is 5. The molecule has 5 nitrogen and oxygen atoms in total. The van der Waals surface area contributed by atoms with Crippen LogP contribution in [0.5, 0.6) is 0 Å². The number of rotatable bonds is 1. The van der Waals surface area contributed by atoms with Crippen molar-refractivity contribution in [1.82, 2.24) is 0 Å². The van der Waals surface area contributed by atoms with Gasteiger partial charge in [-0.2, -0.15) is 0 Å². The van der Waals surface area contributed by atoms with Crippen molar-refractivity contribution >= 4 is 22.6 Å². The van der Waals surface area contributed by atoms with Crippen LogP contribution in [0.15, 0.2) is 0 Å². The van der Waals surface area contributed by atoms with Crippen molar-refractivity contribution in [2.45, 2.75) is 70.0 Å². The molecule has 0 amide bonds. The first-order chi connectivity index (χ1) is 8.31. The van der Waals surface area contributed by atoms with Crippen LogP contribution in [0.4, 0.5) is 0 Å². The van der Waals surface area contributed by atoms with Crippen LogP contribution >= 0.6 is 22.6 Å². The van der Waals surface area contributed by atoms with Crippen molar-refractivity contribution in [3.8, 4) is 0 Å². The van der Waals surface area contributed by atoms with E-state index >= 15 is 0 Å². The predicted molar refractivity (Wildman–Crippen MR) is 71.4 cm³/mol. The van der Waals surface area contributed by atoms with E-state index < -0.39 is 11.6 Å². The van der Waals surface area contributed by atoms with E-state index in [1.165, 1.54) is 0 Å². The number of halogens is 1. The molecule has 18 heavy (non-hydrogen) atoms. The van der Waals surface area contributed by atoms with Crippen LogP contribution in [-0.4, -0.2) is 46.7 Å². The lowest BCUT2D eigenvalue weighted by Gasteiger charge is -2.36. The lowest BCUT2D eigenvalue weighted by atomic mass is 10.0. The summed E-state index contributed by atoms with van der Waals surface area (Å²) in [5.74, 6) is -1.22. The minimum absolute atomic E-state index is 0.0175. The van der Waals surface area contributed by atoms with Gasteiger partial charge < -0.3 is 23.7 Å². The zero-order valence-corrected chi connectivity index (χ0v) is 13.2. The highest BCUT2D eigenvalue weighted by Crippen LogP contribution is 2.44. The minimum atomic E-state index is -0.629. The fourth-order valence-electron chi connectivity index (χ4n) is 2.82. The van der Waals surface area contributed by atoms with Crippen LogP contribution in [0.3, 0.4) is 0 Å². The Morgan fingerprint density at radius 1 is 0.833 bits per heavy atom. The Labute approximate surface area is 121 Å². The van der Waals surface area contributed by atoms with Crippen LogP contribution in [-0.2, 0) is 23.7 Å². The Kier molecular flexibility index (Phi) is 3.20. The summed E-state index contributed by atoms with van der Waals surface area (Å²) < 4.78 is 30.4. The fourth-order valence-corrected chi connectivity index (χ4v) is 3.53. The zero-order chi connectivity index (χ0) is 13.1. The molecular formula is C12H19IO5. The molecule has 0 radical (unpaired) electrons. The van der Waals surface area contributed by atoms with Gasteiger partial charge in [0.05, 0.1) is 6.10 Å². The van der Waals surface area contributed by atoms with E-state index in [0.29, 0.717) is 0 Å². The van der Waals surface area contributed by atoms with Crippen LogP contribution in [0.25, 0.3) is 0 Å². The Morgan fingerprint density at radius 2 is 1.39 bits per heavy atom. The molecular weight excluding hydrogens is 351 g/mol. The first kappa shape index (κ1) is 13.5. The normalized spacial score (nSPS) is 48.8. The summed E-state index contributed by atoms with van der Waals surface area (Å²) in [6.07, 6.45) is -0.809. The second-order valence-corrected chi connectivity index (χ2v) is 6.74. The third kappa shape index (κ3) is 2.20. The molecule has 3 aliphatic rings. The van der Waals surface area contributed by atoms with Gasteiger partial charge in [0.2, 0.25) is 0 Å². The van der Waals surface area contributed by atoms with E-state index in [-0.39, 0.29) is 30.7 Å². The SMILES string of the molecule is CC1(C)O[C@H]2OC(CI)[C@@H]3OC(C)(C)O[C@@H]3[C@@H]2O1. The molecule has 5 atom stereocenters. The van der Waals surface area contributed by atoms with E-state index in [1.807, 2.05) is 27.7 Å². The summed E-state index contributed by atoms with van der Waals surface area (Å²) in [5, 5.41) is 0. The third-order valence-electron chi connectivity index (χ3n) is 3.40. The van der Waals surface area contributed by atoms with Crippen molar-refractivity contribution in [2.75, 3.05) is 4.43 Å². The first-order valence-electron chi connectivity index (χ1n) is 6.24. The van der Waals surface area contributed by atoms with E-state index in [0.717, 1.165) is 4.43 Å². The van der Waals surface area contributed by atoms with E-state index in [4.69, 9.17) is 23.7 Å². The van der Waals surface area contributed by atoms with E-state index in [1.54, 1.807) is 0 Å². The van der Waals surface area contributed by atoms with Gasteiger partial charge in [-0.15, -0.1) is 0 Å². The van der Waals surface area contributed by atoms with Crippen molar-refractivity contribution in [1.29, 1.82) is 0 Å². The first-order valence-corrected chi connectivity index (χ1v) is 7.77. The Balaban J connectivity index is 1.86. The van der Waals surface area contributed by atoms with Crippen LogP contribution in [0.1, 0.15) is 27.7 Å². The highest BCUT2D eigenvalue weighted by Gasteiger charge is 2.60. The van der Waals surface area contributed by atoms with E-state index in [9.17, 15) is 0 Å². The predicted octanol–water partition coefficient (Wildman–Crippen LogP) is 1.82. The summed E-state index contributed by atoms with van der Waals surface area (Å²) >= 11 is 2.30. The molecule has 3 aliphatic heterocycles. The van der Waals surface area contributed by atoms with Gasteiger partial charge in [0.15, 0.2) is 17.9 Å². The maximum atomic E-state index is 5.98. The van der Waals surface area contributed by atoms with Crippen molar-refractivity contribution in [3.63, 3.8) is 0 Å². The van der Waals surface area contributed by atoms with Gasteiger partial charge in [-0.3, -0.25) is 0 Å². The molecule has 6 heteroatoms. The maximum absolute atomic E-state index is 5.98. The van der Waals surface area contributed by atoms with Crippen LogP contribution in [0.2, 0.25) is 0 Å². The maximum Gasteiger partial charge on any atom is 0.190 e. The highest BCUT2D eigenvalue weighted by molar-refractivity contribution is 14.1. The molecule has 0 aromatic rings. The summed E-state index contributed by atoms with van der Waals surface area (Å²) in [7, 11) is 0. The molecule has 0 aliphatic carbocycles. The van der Waals surface area contributed by atoms with Gasteiger partial charge in [0, 0.05) is 4.43 Å². The summed E-state index contributed by atoms with van der Waals surface area (Å²) in [6, 6.07) is 0. The summed E-state index contributed by atoms with van der Waals surface area (Å²) in [4.78, 5) is 0. The number of hydrogen-bond acceptors (Lipinski definition) is 5. The van der Waals surface area contributed by atoms with Gasteiger partial charge in [-0.1, -0.05) is 22.6 Å². The van der Waals surface area contributed by atoms with Gasteiger partial charge in [0.25, 0.3) is 0 Å². The number of hydrogen-bond donors (Lipinski definition) is 0. The molecule has 3 rings (SSSR count). The van der Waals surface area contributed by atoms with Gasteiger partial charge in [-0.05, 0) is 27.7 Å². The molecule has 104 valence electrons. The average Bonchev–Trinajstić information content (AvgIpc) is 2.71. The monoisotopic (exact) mass is 370 g/mol. The van der Waals surface area contributed by atoms with Crippen molar-refractivity contribution < 1.29 is 23.7 Å². The quantitative estimate of drug-likeness (QED) is 0.521. The van der Waals surface area contributed by atoms with Crippen molar-refractivity contribution in [2.24, 2.45) is 0 Å². The van der Waals surface area contributed by atoms with Crippen LogP contribution in [0, 0.1) is 0 Å². The van der Waals surface area contributed by atoms with Gasteiger partial charge in [0.1, 0.15) is 18.3 Å². The van der Waals surface area contributed by atoms with Crippen LogP contribution < -0.4 is 0 Å². The number of fused-ring (bicyclic) bond motifs is 3. The lowest BCUT2D eigenvalue weighted by Crippen LogP contribution is -2.55. The van der Waals surface area contributed by atoms with Crippen molar-refractivity contribution in [3.05, 3.63) is 0 Å². The third-order valence-corrected chi connectivity index (χ3v) is 4.27. The second kappa shape index (κ2) is 4.26. The highest BCUT2D eigenvalue weighted by atomic mass is 127. The Bertz CT molecular complexity index is 345. The molecule has 1 unspecified atom stereocenters. The molecule has 0 aromatic carbocycles. The molecule has 0 saturated carbocycles. The number of alkyl halides is 1. The zero-order valence-electron chi connectivity index (χ0n) is 11.0. The van der Waals surface area contributed by atoms with Gasteiger partial charge >= 0.3 is 0 Å². The molecule has 0 N–H and O–H groups in total. The second-order valence-electron chi connectivity index (χ2n) is 5.86. The largest absolute Gasteiger partial charge is 0.343 e. The Hall–Kier alpha value is 0.530. The fraction of sp³-hybridized carbons (Fsp3) is 1.00. The Morgan fingerprint density at radius 3 is 2.06 bits per heavy atom. The smallest absolute Gasteiger partial charge is 0.190 e. The van der Waals surface area contributed by atoms with E-state index in [2.05, 4.69) is 22.6 Å². The molecule has 0 aromatic heterocycles. The lowest BCUT2D eigenvalue weighted by molar-refractivity contribution is -0.227. The summed E-state index contributed by atoms with van der Waals surface area (Å²) in [5.41, 5.74) is 0. The standard InChI is InChI=1S/C12H19IO5/c1-11(2)15-7-6(5-13)14-10-9(8(7)16-11)17-12(3,4)18-10/h6-10H,5H2,1-4H3/t6?,7-,8-,9-,10+/m0/s1. The average molecular weight is 370 g/mol. The molecule has 3 fully saturated rings.